The average molecular weight is 372 g/mol. The van der Waals surface area contributed by atoms with Gasteiger partial charge in [0.2, 0.25) is 11.8 Å². The number of likely N-dealkylation sites (tertiary alicyclic amines) is 1. The number of hydrogen-bond donors (Lipinski definition) is 2. The molecule has 3 rings (SSSR count). The number of aromatic nitrogens is 2. The first kappa shape index (κ1) is 19.0. The number of methoxy groups -OCH3 is 1. The lowest BCUT2D eigenvalue weighted by Gasteiger charge is -2.31. The Kier molecular flexibility index (Phi) is 6.18. The smallest absolute Gasteiger partial charge is 0.272 e. The molecule has 27 heavy (non-hydrogen) atoms. The van der Waals surface area contributed by atoms with Crippen molar-refractivity contribution in [2.24, 2.45) is 5.92 Å². The first-order chi connectivity index (χ1) is 13.1. The number of nitrogens with zero attached hydrogens (tertiary/aromatic N) is 2. The molecule has 2 heterocycles. The van der Waals surface area contributed by atoms with E-state index in [1.807, 2.05) is 6.07 Å². The lowest BCUT2D eigenvalue weighted by molar-refractivity contribution is -0.135. The summed E-state index contributed by atoms with van der Waals surface area (Å²) in [5.41, 5.74) is 0.303. The molecule has 2 amide bonds. The summed E-state index contributed by atoms with van der Waals surface area (Å²) in [6, 6.07) is 7.13. The summed E-state index contributed by atoms with van der Waals surface area (Å²) < 4.78 is 4.93. The first-order valence-corrected chi connectivity index (χ1v) is 9.11. The summed E-state index contributed by atoms with van der Waals surface area (Å²) >= 11 is 0. The fourth-order valence-corrected chi connectivity index (χ4v) is 3.37. The van der Waals surface area contributed by atoms with Crippen molar-refractivity contribution in [3.8, 4) is 0 Å². The number of ether oxygens (including phenoxy) is 1. The molecular formula is C19H24N4O4. The van der Waals surface area contributed by atoms with Crippen LogP contribution >= 0.6 is 0 Å². The van der Waals surface area contributed by atoms with E-state index >= 15 is 0 Å². The van der Waals surface area contributed by atoms with Gasteiger partial charge in [0.1, 0.15) is 0 Å². The topological polar surface area (TPSA) is 104 Å². The normalized spacial score (nSPS) is 15.1. The number of aromatic amines is 1. The third kappa shape index (κ3) is 4.51. The van der Waals surface area contributed by atoms with E-state index in [2.05, 4.69) is 15.5 Å². The predicted octanol–water partition coefficient (Wildman–Crippen LogP) is 0.467. The zero-order chi connectivity index (χ0) is 19.2. The lowest BCUT2D eigenvalue weighted by atomic mass is 9.95. The Hall–Kier alpha value is -2.74. The fourth-order valence-electron chi connectivity index (χ4n) is 3.37. The number of amides is 2. The Labute approximate surface area is 156 Å². The molecule has 0 saturated carbocycles. The van der Waals surface area contributed by atoms with E-state index < -0.39 is 0 Å². The molecule has 0 radical (unpaired) electrons. The molecule has 1 aliphatic rings. The molecule has 2 aromatic rings. The summed E-state index contributed by atoms with van der Waals surface area (Å²) in [7, 11) is 1.59. The quantitative estimate of drug-likeness (QED) is 0.717. The number of fused-ring (bicyclic) bond motifs is 1. The van der Waals surface area contributed by atoms with Crippen molar-refractivity contribution in [2.75, 3.05) is 33.4 Å². The van der Waals surface area contributed by atoms with E-state index in [0.29, 0.717) is 55.5 Å². The predicted molar refractivity (Wildman–Crippen MR) is 100 cm³/mol. The molecule has 8 nitrogen and oxygen atoms in total. The molecule has 2 N–H and O–H groups in total. The highest BCUT2D eigenvalue weighted by atomic mass is 16.5. The number of carbonyl (C=O) groups excluding carboxylic acids is 2. The molecule has 144 valence electrons. The van der Waals surface area contributed by atoms with Crippen molar-refractivity contribution < 1.29 is 14.3 Å². The van der Waals surface area contributed by atoms with Crippen LogP contribution in [0.3, 0.4) is 0 Å². The SMILES string of the molecule is COCCNC(=O)C1CCN(C(=O)Cc2n[nH]c(=O)c3ccccc23)CC1. The number of piperidine rings is 1. The number of nitrogens with one attached hydrogen (secondary N) is 2. The standard InChI is InChI=1S/C19H24N4O4/c1-27-11-8-20-18(25)13-6-9-23(10-7-13)17(24)12-16-14-4-2-3-5-15(14)19(26)22-21-16/h2-5,13H,6-12H2,1H3,(H,20,25)(H,22,26). The second-order valence-electron chi connectivity index (χ2n) is 6.66. The molecule has 0 spiro atoms. The van der Waals surface area contributed by atoms with Crippen molar-refractivity contribution >= 4 is 22.6 Å². The van der Waals surface area contributed by atoms with Gasteiger partial charge in [-0.25, -0.2) is 5.10 Å². The molecule has 0 bridgehead atoms. The second kappa shape index (κ2) is 8.77. The zero-order valence-corrected chi connectivity index (χ0v) is 15.4. The van der Waals surface area contributed by atoms with Gasteiger partial charge in [-0.05, 0) is 18.9 Å². The maximum absolute atomic E-state index is 12.7. The summed E-state index contributed by atoms with van der Waals surface area (Å²) in [4.78, 5) is 38.4. The van der Waals surface area contributed by atoms with Gasteiger partial charge in [0.05, 0.1) is 24.1 Å². The van der Waals surface area contributed by atoms with Crippen molar-refractivity contribution in [3.63, 3.8) is 0 Å². The van der Waals surface area contributed by atoms with E-state index in [0.717, 1.165) is 0 Å². The van der Waals surface area contributed by atoms with E-state index in [-0.39, 0.29) is 29.7 Å². The molecule has 1 saturated heterocycles. The average Bonchev–Trinajstić information content (AvgIpc) is 2.70. The van der Waals surface area contributed by atoms with Gasteiger partial charge in [0.25, 0.3) is 5.56 Å². The third-order valence-corrected chi connectivity index (χ3v) is 4.92. The minimum atomic E-state index is -0.262. The van der Waals surface area contributed by atoms with Crippen LogP contribution < -0.4 is 10.9 Å². The largest absolute Gasteiger partial charge is 0.383 e. The number of carbonyl (C=O) groups is 2. The van der Waals surface area contributed by atoms with Gasteiger partial charge in [-0.2, -0.15) is 5.10 Å². The van der Waals surface area contributed by atoms with Crippen LogP contribution in [0, 0.1) is 5.92 Å². The lowest BCUT2D eigenvalue weighted by Crippen LogP contribution is -2.44. The monoisotopic (exact) mass is 372 g/mol. The molecule has 0 atom stereocenters. The van der Waals surface area contributed by atoms with Gasteiger partial charge in [-0.1, -0.05) is 18.2 Å². The van der Waals surface area contributed by atoms with Crippen molar-refractivity contribution in [1.29, 1.82) is 0 Å². The van der Waals surface area contributed by atoms with Crippen LogP contribution in [0.2, 0.25) is 0 Å². The summed E-state index contributed by atoms with van der Waals surface area (Å²) in [6.07, 6.45) is 1.41. The van der Waals surface area contributed by atoms with Crippen LogP contribution in [0.25, 0.3) is 10.8 Å². The number of benzene rings is 1. The van der Waals surface area contributed by atoms with Gasteiger partial charge < -0.3 is 15.0 Å². The van der Waals surface area contributed by atoms with Gasteiger partial charge in [0, 0.05) is 38.0 Å². The maximum Gasteiger partial charge on any atom is 0.272 e. The number of hydrogen-bond acceptors (Lipinski definition) is 5. The van der Waals surface area contributed by atoms with Crippen LogP contribution in [-0.2, 0) is 20.7 Å². The van der Waals surface area contributed by atoms with Crippen LogP contribution in [0.15, 0.2) is 29.1 Å². The van der Waals surface area contributed by atoms with Crippen molar-refractivity contribution in [2.45, 2.75) is 19.3 Å². The highest BCUT2D eigenvalue weighted by Gasteiger charge is 2.27. The minimum absolute atomic E-state index is 0.0208. The van der Waals surface area contributed by atoms with Crippen LogP contribution in [0.4, 0.5) is 0 Å². The highest BCUT2D eigenvalue weighted by molar-refractivity contribution is 5.88. The van der Waals surface area contributed by atoms with Crippen molar-refractivity contribution in [1.82, 2.24) is 20.4 Å². The Morgan fingerprint density at radius 2 is 1.96 bits per heavy atom. The van der Waals surface area contributed by atoms with E-state index in [1.165, 1.54) is 0 Å². The molecule has 1 aliphatic heterocycles. The summed E-state index contributed by atoms with van der Waals surface area (Å²) in [5.74, 6) is -0.0941. The summed E-state index contributed by atoms with van der Waals surface area (Å²) in [6.45, 7) is 2.08. The minimum Gasteiger partial charge on any atom is -0.383 e. The van der Waals surface area contributed by atoms with E-state index in [1.54, 1.807) is 30.2 Å². The van der Waals surface area contributed by atoms with Crippen LogP contribution in [0.1, 0.15) is 18.5 Å². The Bertz CT molecular complexity index is 871. The molecule has 8 heteroatoms. The van der Waals surface area contributed by atoms with E-state index in [4.69, 9.17) is 4.74 Å². The molecule has 1 aromatic carbocycles. The highest BCUT2D eigenvalue weighted by Crippen LogP contribution is 2.19. The fraction of sp³-hybridized carbons (Fsp3) is 0.474. The van der Waals surface area contributed by atoms with E-state index in [9.17, 15) is 14.4 Å². The Morgan fingerprint density at radius 1 is 1.26 bits per heavy atom. The Morgan fingerprint density at radius 3 is 2.67 bits per heavy atom. The third-order valence-electron chi connectivity index (χ3n) is 4.92. The Balaban J connectivity index is 1.58. The molecular weight excluding hydrogens is 348 g/mol. The molecule has 0 unspecified atom stereocenters. The second-order valence-corrected chi connectivity index (χ2v) is 6.66. The van der Waals surface area contributed by atoms with Crippen molar-refractivity contribution in [3.05, 3.63) is 40.3 Å². The molecule has 0 aliphatic carbocycles. The van der Waals surface area contributed by atoms with Gasteiger partial charge in [-0.3, -0.25) is 14.4 Å². The van der Waals surface area contributed by atoms with Crippen LogP contribution in [0.5, 0.6) is 0 Å². The van der Waals surface area contributed by atoms with Crippen LogP contribution in [-0.4, -0.2) is 60.3 Å². The maximum atomic E-state index is 12.7. The van der Waals surface area contributed by atoms with Gasteiger partial charge in [-0.15, -0.1) is 0 Å². The zero-order valence-electron chi connectivity index (χ0n) is 15.4. The molecule has 1 aromatic heterocycles. The summed E-state index contributed by atoms with van der Waals surface area (Å²) in [5, 5.41) is 10.6. The van der Waals surface area contributed by atoms with Gasteiger partial charge in [0.15, 0.2) is 0 Å². The number of H-pyrrole nitrogens is 1. The molecule has 1 fully saturated rings. The number of rotatable bonds is 6. The first-order valence-electron chi connectivity index (χ1n) is 9.11. The van der Waals surface area contributed by atoms with Gasteiger partial charge >= 0.3 is 0 Å².